The van der Waals surface area contributed by atoms with Gasteiger partial charge >= 0.3 is 5.97 Å². The first-order chi connectivity index (χ1) is 13.6. The number of nitrogens with zero attached hydrogens (tertiary/aromatic N) is 2. The highest BCUT2D eigenvalue weighted by atomic mass is 32.8. The SMILES string of the molecule is COC(=O)[C@@]1(C)C[C@]23C(=O)N(C)[C@](C)(C(=O)N2C1c1ccc2c(c1)OCO2)S3=S. The van der Waals surface area contributed by atoms with E-state index >= 15 is 0 Å². The molecule has 1 spiro atoms. The van der Waals surface area contributed by atoms with Crippen LogP contribution in [0.15, 0.2) is 18.2 Å². The van der Waals surface area contributed by atoms with Crippen molar-refractivity contribution in [3.05, 3.63) is 23.8 Å². The van der Waals surface area contributed by atoms with E-state index in [1.807, 2.05) is 0 Å². The number of esters is 1. The molecular weight excluding hydrogens is 416 g/mol. The van der Waals surface area contributed by atoms with E-state index in [-0.39, 0.29) is 25.0 Å². The van der Waals surface area contributed by atoms with Crippen LogP contribution in [0.25, 0.3) is 0 Å². The van der Waals surface area contributed by atoms with Gasteiger partial charge in [0, 0.05) is 13.5 Å². The molecule has 5 rings (SSSR count). The van der Waals surface area contributed by atoms with E-state index in [9.17, 15) is 14.4 Å². The van der Waals surface area contributed by atoms with Crippen LogP contribution in [0.2, 0.25) is 0 Å². The van der Waals surface area contributed by atoms with Gasteiger partial charge in [-0.05, 0) is 42.7 Å². The largest absolute Gasteiger partial charge is 0.469 e. The molecule has 0 N–H and O–H groups in total. The maximum Gasteiger partial charge on any atom is 0.314 e. The highest BCUT2D eigenvalue weighted by molar-refractivity contribution is 8.31. The Morgan fingerprint density at radius 2 is 1.93 bits per heavy atom. The van der Waals surface area contributed by atoms with Gasteiger partial charge in [0.1, 0.15) is 0 Å². The molecular formula is C19H20N2O6S2. The van der Waals surface area contributed by atoms with Gasteiger partial charge in [0.2, 0.25) is 6.79 Å². The highest BCUT2D eigenvalue weighted by Gasteiger charge is 2.81. The van der Waals surface area contributed by atoms with Crippen molar-refractivity contribution >= 4 is 38.4 Å². The van der Waals surface area contributed by atoms with Gasteiger partial charge in [-0.2, -0.15) is 0 Å². The molecule has 0 saturated carbocycles. The predicted molar refractivity (Wildman–Crippen MR) is 106 cm³/mol. The van der Waals surface area contributed by atoms with E-state index in [1.165, 1.54) is 12.0 Å². The Bertz CT molecular complexity index is 1030. The second-order valence-corrected chi connectivity index (χ2v) is 11.2. The minimum absolute atomic E-state index is 0.112. The summed E-state index contributed by atoms with van der Waals surface area (Å²) >= 11 is 5.80. The summed E-state index contributed by atoms with van der Waals surface area (Å²) in [5, 5.41) is 0. The number of hydrogen-bond acceptors (Lipinski definition) is 7. The molecule has 2 bridgehead atoms. The molecule has 4 aliphatic heterocycles. The molecule has 2 unspecified atom stereocenters. The monoisotopic (exact) mass is 436 g/mol. The Morgan fingerprint density at radius 1 is 1.24 bits per heavy atom. The van der Waals surface area contributed by atoms with Gasteiger partial charge < -0.3 is 24.0 Å². The first kappa shape index (κ1) is 18.8. The Kier molecular flexibility index (Phi) is 3.55. The molecule has 29 heavy (non-hydrogen) atoms. The van der Waals surface area contributed by atoms with Crippen molar-refractivity contribution in [1.29, 1.82) is 0 Å². The third-order valence-corrected chi connectivity index (χ3v) is 10.9. The zero-order valence-electron chi connectivity index (χ0n) is 16.4. The van der Waals surface area contributed by atoms with Crippen LogP contribution < -0.4 is 9.47 Å². The second kappa shape index (κ2) is 5.48. The number of hydrogen-bond donors (Lipinski definition) is 0. The van der Waals surface area contributed by atoms with Crippen molar-refractivity contribution in [2.45, 2.75) is 36.1 Å². The standard InChI is InChI=1S/C19H20N2O6S2/c1-17(16(24)25-4)8-19-15(23)20(3)18(2,29(19)28)14(22)21(19)13(17)10-5-6-11-12(7-10)27-9-26-11/h5-7,13H,8-9H2,1-4H3/t13?,17-,18-,19-,29?/m0/s1. The fourth-order valence-electron chi connectivity index (χ4n) is 5.24. The molecule has 0 aromatic heterocycles. The Labute approximate surface area is 174 Å². The van der Waals surface area contributed by atoms with E-state index < -0.39 is 36.6 Å². The molecule has 154 valence electrons. The number of likely N-dealkylation sites (N-methyl/N-ethyl adjacent to an activating group) is 1. The fraction of sp³-hybridized carbons (Fsp3) is 0.526. The number of carbonyl (C=O) groups is 3. The summed E-state index contributed by atoms with van der Waals surface area (Å²) < 4.78 is 16.0. The fourth-order valence-corrected chi connectivity index (χ4v) is 8.76. The van der Waals surface area contributed by atoms with E-state index in [2.05, 4.69) is 0 Å². The Morgan fingerprint density at radius 3 is 2.62 bits per heavy atom. The Balaban J connectivity index is 1.75. The molecule has 4 aliphatic rings. The van der Waals surface area contributed by atoms with Crippen molar-refractivity contribution in [3.63, 3.8) is 0 Å². The van der Waals surface area contributed by atoms with Crippen LogP contribution in [0.1, 0.15) is 31.9 Å². The number of piperazine rings is 1. The Hall–Kier alpha value is -2.20. The van der Waals surface area contributed by atoms with Crippen molar-refractivity contribution in [2.75, 3.05) is 21.0 Å². The van der Waals surface area contributed by atoms with Crippen LogP contribution in [-0.4, -0.2) is 58.3 Å². The van der Waals surface area contributed by atoms with Gasteiger partial charge in [-0.15, -0.1) is 0 Å². The summed E-state index contributed by atoms with van der Waals surface area (Å²) in [6.07, 6.45) is 0.128. The normalized spacial score (nSPS) is 39.3. The minimum atomic E-state index is -1.22. The molecule has 1 aromatic carbocycles. The van der Waals surface area contributed by atoms with Crippen LogP contribution in [0.5, 0.6) is 11.5 Å². The number of benzene rings is 1. The summed E-state index contributed by atoms with van der Waals surface area (Å²) in [4.78, 5) is 40.7. The average Bonchev–Trinajstić information content (AvgIpc) is 3.36. The zero-order chi connectivity index (χ0) is 20.9. The van der Waals surface area contributed by atoms with Crippen LogP contribution in [0.4, 0.5) is 0 Å². The van der Waals surface area contributed by atoms with Gasteiger partial charge in [-0.25, -0.2) is 0 Å². The molecule has 4 heterocycles. The number of fused-ring (bicyclic) bond motifs is 2. The lowest BCUT2D eigenvalue weighted by Crippen LogP contribution is -2.60. The summed E-state index contributed by atoms with van der Waals surface area (Å²) in [5.74, 6) is 0.220. The summed E-state index contributed by atoms with van der Waals surface area (Å²) in [7, 11) is 1.91. The highest BCUT2D eigenvalue weighted by Crippen LogP contribution is 2.65. The molecule has 2 amide bonds. The predicted octanol–water partition coefficient (Wildman–Crippen LogP) is 0.846. The first-order valence-corrected chi connectivity index (χ1v) is 11.3. The van der Waals surface area contributed by atoms with Crippen LogP contribution >= 0.6 is 0 Å². The summed E-state index contributed by atoms with van der Waals surface area (Å²) in [5.41, 5.74) is -0.448. The average molecular weight is 437 g/mol. The van der Waals surface area contributed by atoms with Gasteiger partial charge in [0.15, 0.2) is 21.2 Å². The van der Waals surface area contributed by atoms with Crippen LogP contribution in [0.3, 0.4) is 0 Å². The quantitative estimate of drug-likeness (QED) is 0.636. The van der Waals surface area contributed by atoms with E-state index in [1.54, 1.807) is 44.0 Å². The third kappa shape index (κ3) is 1.85. The van der Waals surface area contributed by atoms with Crippen molar-refractivity contribution in [1.82, 2.24) is 9.80 Å². The van der Waals surface area contributed by atoms with Gasteiger partial charge in [0.05, 0.1) is 18.6 Å². The lowest BCUT2D eigenvalue weighted by atomic mass is 9.78. The second-order valence-electron chi connectivity index (χ2n) is 8.18. The summed E-state index contributed by atoms with van der Waals surface area (Å²) in [6, 6.07) is 4.62. The van der Waals surface area contributed by atoms with Gasteiger partial charge in [-0.3, -0.25) is 14.4 Å². The zero-order valence-corrected chi connectivity index (χ0v) is 18.0. The number of methoxy groups -OCH3 is 1. The summed E-state index contributed by atoms with van der Waals surface area (Å²) in [6.45, 7) is 3.58. The number of carbonyl (C=O) groups excluding carboxylic acids is 3. The van der Waals surface area contributed by atoms with Crippen molar-refractivity contribution in [2.24, 2.45) is 5.41 Å². The smallest absolute Gasteiger partial charge is 0.314 e. The molecule has 0 aliphatic carbocycles. The molecule has 3 fully saturated rings. The molecule has 1 aromatic rings. The lowest BCUT2D eigenvalue weighted by molar-refractivity contribution is -0.160. The first-order valence-electron chi connectivity index (χ1n) is 9.16. The van der Waals surface area contributed by atoms with Gasteiger partial charge in [0.25, 0.3) is 11.8 Å². The van der Waals surface area contributed by atoms with Gasteiger partial charge in [-0.1, -0.05) is 15.5 Å². The number of amides is 2. The topological polar surface area (TPSA) is 85.4 Å². The molecule has 8 nitrogen and oxygen atoms in total. The van der Waals surface area contributed by atoms with E-state index in [4.69, 9.17) is 25.4 Å². The van der Waals surface area contributed by atoms with Crippen LogP contribution in [-0.2, 0) is 39.8 Å². The van der Waals surface area contributed by atoms with E-state index in [0.29, 0.717) is 17.1 Å². The van der Waals surface area contributed by atoms with Crippen molar-refractivity contribution in [3.8, 4) is 11.5 Å². The minimum Gasteiger partial charge on any atom is -0.469 e. The maximum atomic E-state index is 13.6. The third-order valence-electron chi connectivity index (χ3n) is 6.78. The van der Waals surface area contributed by atoms with E-state index in [0.717, 1.165) is 0 Å². The number of ether oxygens (including phenoxy) is 3. The molecule has 10 heteroatoms. The number of rotatable bonds is 2. The lowest BCUT2D eigenvalue weighted by Gasteiger charge is -2.40. The molecule has 5 atom stereocenters. The van der Waals surface area contributed by atoms with Crippen molar-refractivity contribution < 1.29 is 28.6 Å². The maximum absolute atomic E-state index is 13.6. The van der Waals surface area contributed by atoms with Crippen LogP contribution in [0, 0.1) is 5.41 Å². The molecule has 3 saturated heterocycles. The molecule has 0 radical (unpaired) electrons.